The summed E-state index contributed by atoms with van der Waals surface area (Å²) in [4.78, 5) is 38.5. The van der Waals surface area contributed by atoms with Crippen molar-refractivity contribution in [2.45, 2.75) is 19.4 Å². The smallest absolute Gasteiger partial charge is 0.325 e. The molecule has 0 aliphatic carbocycles. The van der Waals surface area contributed by atoms with Crippen LogP contribution in [0.1, 0.15) is 19.4 Å². The number of rotatable bonds is 6. The van der Waals surface area contributed by atoms with Gasteiger partial charge in [0.15, 0.2) is 0 Å². The van der Waals surface area contributed by atoms with Crippen molar-refractivity contribution in [2.24, 2.45) is 0 Å². The lowest BCUT2D eigenvalue weighted by Gasteiger charge is -2.23. The number of amides is 4. The molecule has 0 aromatic heterocycles. The zero-order chi connectivity index (χ0) is 21.2. The summed E-state index contributed by atoms with van der Waals surface area (Å²) >= 11 is 6.06. The largest absolute Gasteiger partial charge is 0.492 e. The average Bonchev–Trinajstić information content (AvgIpc) is 2.87. The molecule has 2 N–H and O–H groups in total. The molecule has 9 heteroatoms. The Bertz CT molecular complexity index is 984. The van der Waals surface area contributed by atoms with E-state index in [9.17, 15) is 18.8 Å². The number of imide groups is 1. The van der Waals surface area contributed by atoms with Crippen molar-refractivity contribution in [1.29, 1.82) is 0 Å². The number of halogens is 2. The molecule has 0 radical (unpaired) electrons. The van der Waals surface area contributed by atoms with Crippen LogP contribution in [0.4, 0.5) is 14.9 Å². The van der Waals surface area contributed by atoms with E-state index in [4.69, 9.17) is 16.3 Å². The fourth-order valence-electron chi connectivity index (χ4n) is 3.10. The molecule has 1 aliphatic heterocycles. The lowest BCUT2D eigenvalue weighted by molar-refractivity contribution is -0.133. The Morgan fingerprint density at radius 2 is 2.00 bits per heavy atom. The summed E-state index contributed by atoms with van der Waals surface area (Å²) in [6.07, 6.45) is 0. The van der Waals surface area contributed by atoms with E-state index < -0.39 is 35.7 Å². The number of nitrogens with zero attached hydrogens (tertiary/aromatic N) is 1. The van der Waals surface area contributed by atoms with Crippen LogP contribution >= 0.6 is 11.6 Å². The van der Waals surface area contributed by atoms with E-state index in [1.165, 1.54) is 13.0 Å². The molecule has 1 fully saturated rings. The fourth-order valence-corrected chi connectivity index (χ4v) is 3.46. The van der Waals surface area contributed by atoms with Gasteiger partial charge in [0.2, 0.25) is 5.91 Å². The van der Waals surface area contributed by atoms with Crippen molar-refractivity contribution < 1.29 is 23.5 Å². The minimum Gasteiger partial charge on any atom is -0.492 e. The summed E-state index contributed by atoms with van der Waals surface area (Å²) in [6.45, 7) is 3.18. The van der Waals surface area contributed by atoms with Crippen LogP contribution in [0.3, 0.4) is 0 Å². The number of nitrogens with one attached hydrogen (secondary N) is 2. The van der Waals surface area contributed by atoms with Crippen molar-refractivity contribution in [3.05, 3.63) is 58.9 Å². The predicted octanol–water partition coefficient (Wildman–Crippen LogP) is 3.28. The normalized spacial score (nSPS) is 18.6. The number of hydrogen-bond donors (Lipinski definition) is 2. The third kappa shape index (κ3) is 4.02. The zero-order valence-corrected chi connectivity index (χ0v) is 16.5. The molecule has 0 spiro atoms. The quantitative estimate of drug-likeness (QED) is 0.703. The highest BCUT2D eigenvalue weighted by molar-refractivity contribution is 6.32. The summed E-state index contributed by atoms with van der Waals surface area (Å²) < 4.78 is 18.8. The molecule has 1 saturated heterocycles. The number of para-hydroxylation sites is 2. The third-order valence-electron chi connectivity index (χ3n) is 4.51. The van der Waals surface area contributed by atoms with Crippen molar-refractivity contribution in [1.82, 2.24) is 10.2 Å². The Balaban J connectivity index is 1.77. The van der Waals surface area contributed by atoms with Crippen LogP contribution in [-0.4, -0.2) is 35.9 Å². The van der Waals surface area contributed by atoms with Gasteiger partial charge in [-0.25, -0.2) is 9.18 Å². The summed E-state index contributed by atoms with van der Waals surface area (Å²) in [7, 11) is 0. The number of anilines is 1. The van der Waals surface area contributed by atoms with Gasteiger partial charge in [-0.05, 0) is 38.1 Å². The second kappa shape index (κ2) is 8.08. The monoisotopic (exact) mass is 419 g/mol. The van der Waals surface area contributed by atoms with E-state index in [1.54, 1.807) is 24.3 Å². The number of ether oxygens (including phenoxy) is 1. The minimum atomic E-state index is -1.51. The Kier molecular flexibility index (Phi) is 5.74. The SMILES string of the molecule is CCOc1ccccc1NC(=O)CN1C(=O)NC(C)(c2ccc(F)cc2Cl)C1=O. The van der Waals surface area contributed by atoms with Crippen molar-refractivity contribution in [3.63, 3.8) is 0 Å². The molecule has 1 aliphatic rings. The lowest BCUT2D eigenvalue weighted by Crippen LogP contribution is -2.42. The van der Waals surface area contributed by atoms with Gasteiger partial charge in [0, 0.05) is 10.6 Å². The molecular formula is C20H19ClFN3O4. The third-order valence-corrected chi connectivity index (χ3v) is 4.82. The Morgan fingerprint density at radius 3 is 2.69 bits per heavy atom. The number of hydrogen-bond acceptors (Lipinski definition) is 4. The number of benzene rings is 2. The van der Waals surface area contributed by atoms with Gasteiger partial charge >= 0.3 is 6.03 Å². The van der Waals surface area contributed by atoms with E-state index >= 15 is 0 Å². The summed E-state index contributed by atoms with van der Waals surface area (Å²) in [6, 6.07) is 9.62. The number of carbonyl (C=O) groups excluding carboxylic acids is 3. The molecule has 0 saturated carbocycles. The Labute approximate surface area is 171 Å². The van der Waals surface area contributed by atoms with Crippen molar-refractivity contribution in [2.75, 3.05) is 18.5 Å². The number of urea groups is 1. The van der Waals surface area contributed by atoms with Gasteiger partial charge in [0.1, 0.15) is 23.7 Å². The number of carbonyl (C=O) groups is 3. The lowest BCUT2D eigenvalue weighted by atomic mass is 9.92. The van der Waals surface area contributed by atoms with Gasteiger partial charge in [0.05, 0.1) is 12.3 Å². The van der Waals surface area contributed by atoms with E-state index in [-0.39, 0.29) is 10.6 Å². The molecule has 29 heavy (non-hydrogen) atoms. The summed E-state index contributed by atoms with van der Waals surface area (Å²) in [5.74, 6) is -1.33. The molecule has 1 unspecified atom stereocenters. The predicted molar refractivity (Wildman–Crippen MR) is 105 cm³/mol. The van der Waals surface area contributed by atoms with E-state index in [0.29, 0.717) is 18.0 Å². The van der Waals surface area contributed by atoms with E-state index in [1.807, 2.05) is 6.92 Å². The first-order chi connectivity index (χ1) is 13.8. The van der Waals surface area contributed by atoms with Crippen LogP contribution in [0.2, 0.25) is 5.02 Å². The first kappa shape index (κ1) is 20.6. The highest BCUT2D eigenvalue weighted by Crippen LogP contribution is 2.34. The first-order valence-corrected chi connectivity index (χ1v) is 9.25. The molecule has 1 atom stereocenters. The topological polar surface area (TPSA) is 87.7 Å². The second-order valence-electron chi connectivity index (χ2n) is 6.55. The highest BCUT2D eigenvalue weighted by atomic mass is 35.5. The van der Waals surface area contributed by atoms with Crippen LogP contribution in [0.25, 0.3) is 0 Å². The van der Waals surface area contributed by atoms with Gasteiger partial charge < -0.3 is 15.4 Å². The molecule has 2 aromatic rings. The molecule has 7 nitrogen and oxygen atoms in total. The molecule has 152 valence electrons. The fraction of sp³-hybridized carbons (Fsp3) is 0.250. The summed E-state index contributed by atoms with van der Waals surface area (Å²) in [5.41, 5.74) is -0.843. The second-order valence-corrected chi connectivity index (χ2v) is 6.96. The maximum absolute atomic E-state index is 13.3. The molecule has 3 rings (SSSR count). The van der Waals surface area contributed by atoms with Crippen molar-refractivity contribution >= 4 is 35.1 Å². The van der Waals surface area contributed by atoms with Crippen LogP contribution in [0.15, 0.2) is 42.5 Å². The van der Waals surface area contributed by atoms with Crippen LogP contribution in [-0.2, 0) is 15.1 Å². The van der Waals surface area contributed by atoms with Gasteiger partial charge in [-0.15, -0.1) is 0 Å². The molecule has 0 bridgehead atoms. The first-order valence-electron chi connectivity index (χ1n) is 8.87. The van der Waals surface area contributed by atoms with E-state index in [2.05, 4.69) is 10.6 Å². The average molecular weight is 420 g/mol. The standard InChI is InChI=1S/C20H19ClFN3O4/c1-3-29-16-7-5-4-6-15(16)23-17(26)11-25-18(27)20(2,24-19(25)28)13-9-8-12(22)10-14(13)21/h4-10H,3,11H2,1-2H3,(H,23,26)(H,24,28). The Hall–Kier alpha value is -3.13. The van der Waals surface area contributed by atoms with Crippen LogP contribution in [0, 0.1) is 5.82 Å². The van der Waals surface area contributed by atoms with Gasteiger partial charge in [0.25, 0.3) is 5.91 Å². The molecule has 2 aromatic carbocycles. The Morgan fingerprint density at radius 1 is 1.28 bits per heavy atom. The van der Waals surface area contributed by atoms with Gasteiger partial charge in [-0.1, -0.05) is 29.8 Å². The van der Waals surface area contributed by atoms with Gasteiger partial charge in [-0.2, -0.15) is 0 Å². The maximum Gasteiger partial charge on any atom is 0.325 e. The highest BCUT2D eigenvalue weighted by Gasteiger charge is 2.50. The van der Waals surface area contributed by atoms with Gasteiger partial charge in [-0.3, -0.25) is 14.5 Å². The van der Waals surface area contributed by atoms with Crippen LogP contribution in [0.5, 0.6) is 5.75 Å². The van der Waals surface area contributed by atoms with Crippen LogP contribution < -0.4 is 15.4 Å². The maximum atomic E-state index is 13.3. The zero-order valence-electron chi connectivity index (χ0n) is 15.8. The molecular weight excluding hydrogens is 401 g/mol. The molecule has 4 amide bonds. The molecule has 1 heterocycles. The van der Waals surface area contributed by atoms with E-state index in [0.717, 1.165) is 17.0 Å². The minimum absolute atomic E-state index is 0.00177. The summed E-state index contributed by atoms with van der Waals surface area (Å²) in [5, 5.41) is 5.17. The van der Waals surface area contributed by atoms with Crippen molar-refractivity contribution in [3.8, 4) is 5.75 Å².